The van der Waals surface area contributed by atoms with Gasteiger partial charge in [0.25, 0.3) is 0 Å². The Kier molecular flexibility index (Phi) is 3.99. The molecule has 70 valence electrons. The molecule has 1 aromatic carbocycles. The van der Waals surface area contributed by atoms with Crippen LogP contribution >= 0.6 is 0 Å². The van der Waals surface area contributed by atoms with E-state index in [1.54, 1.807) is 7.11 Å². The zero-order valence-corrected chi connectivity index (χ0v) is 7.62. The van der Waals surface area contributed by atoms with Crippen LogP contribution in [0.15, 0.2) is 24.3 Å². The normalized spacial score (nSPS) is 9.62. The van der Waals surface area contributed by atoms with E-state index in [1.807, 2.05) is 24.3 Å². The van der Waals surface area contributed by atoms with Gasteiger partial charge in [0.15, 0.2) is 0 Å². The molecule has 0 amide bonds. The van der Waals surface area contributed by atoms with Crippen molar-refractivity contribution < 1.29 is 9.53 Å². The van der Waals surface area contributed by atoms with Gasteiger partial charge in [0.2, 0.25) is 0 Å². The maximum atomic E-state index is 10.0. The average Bonchev–Trinajstić information content (AvgIpc) is 2.19. The van der Waals surface area contributed by atoms with E-state index in [0.29, 0.717) is 13.1 Å². The first-order valence-electron chi connectivity index (χ1n) is 4.14. The van der Waals surface area contributed by atoms with Gasteiger partial charge in [-0.2, -0.15) is 0 Å². The molecule has 0 spiro atoms. The van der Waals surface area contributed by atoms with Crippen molar-refractivity contribution in [1.29, 1.82) is 0 Å². The average molecular weight is 179 g/mol. The second-order valence-electron chi connectivity index (χ2n) is 2.65. The van der Waals surface area contributed by atoms with Crippen LogP contribution in [0.1, 0.15) is 5.56 Å². The molecule has 0 atom stereocenters. The first kappa shape index (κ1) is 9.74. The number of hydrogen-bond acceptors (Lipinski definition) is 3. The molecule has 0 aliphatic rings. The van der Waals surface area contributed by atoms with Crippen LogP contribution in [-0.2, 0) is 11.3 Å². The van der Waals surface area contributed by atoms with Crippen molar-refractivity contribution in [3.63, 3.8) is 0 Å². The third kappa shape index (κ3) is 3.25. The molecule has 0 saturated carbocycles. The maximum absolute atomic E-state index is 10.0. The lowest BCUT2D eigenvalue weighted by molar-refractivity contribution is -0.107. The van der Waals surface area contributed by atoms with E-state index >= 15 is 0 Å². The van der Waals surface area contributed by atoms with Gasteiger partial charge >= 0.3 is 0 Å². The van der Waals surface area contributed by atoms with E-state index in [-0.39, 0.29) is 0 Å². The predicted molar refractivity (Wildman–Crippen MR) is 50.8 cm³/mol. The van der Waals surface area contributed by atoms with Crippen molar-refractivity contribution in [3.8, 4) is 5.75 Å². The molecule has 0 aliphatic carbocycles. The van der Waals surface area contributed by atoms with E-state index in [4.69, 9.17) is 4.74 Å². The Morgan fingerprint density at radius 1 is 1.38 bits per heavy atom. The van der Waals surface area contributed by atoms with Crippen molar-refractivity contribution in [1.82, 2.24) is 5.32 Å². The van der Waals surface area contributed by atoms with Crippen molar-refractivity contribution in [3.05, 3.63) is 29.8 Å². The topological polar surface area (TPSA) is 38.3 Å². The van der Waals surface area contributed by atoms with Gasteiger partial charge in [-0.15, -0.1) is 0 Å². The molecule has 0 fully saturated rings. The fourth-order valence-corrected chi connectivity index (χ4v) is 1.02. The smallest absolute Gasteiger partial charge is 0.133 e. The second kappa shape index (κ2) is 5.32. The molecule has 0 bridgehead atoms. The van der Waals surface area contributed by atoms with Crippen molar-refractivity contribution >= 4 is 6.29 Å². The zero-order chi connectivity index (χ0) is 9.52. The highest BCUT2D eigenvalue weighted by molar-refractivity contribution is 5.51. The SMILES string of the molecule is COc1ccc(CNCC=O)cc1. The molecule has 0 radical (unpaired) electrons. The molecule has 0 saturated heterocycles. The summed E-state index contributed by atoms with van der Waals surface area (Å²) in [7, 11) is 1.64. The number of methoxy groups -OCH3 is 1. The Morgan fingerprint density at radius 2 is 2.08 bits per heavy atom. The minimum absolute atomic E-state index is 0.395. The van der Waals surface area contributed by atoms with Gasteiger partial charge in [0, 0.05) is 6.54 Å². The Balaban J connectivity index is 2.44. The van der Waals surface area contributed by atoms with E-state index in [2.05, 4.69) is 5.32 Å². The van der Waals surface area contributed by atoms with Crippen LogP contribution in [0, 0.1) is 0 Å². The third-order valence-corrected chi connectivity index (χ3v) is 1.72. The predicted octanol–water partition coefficient (Wildman–Crippen LogP) is 0.984. The number of carbonyl (C=O) groups excluding carboxylic acids is 1. The largest absolute Gasteiger partial charge is 0.497 e. The van der Waals surface area contributed by atoms with Crippen LogP contribution in [0.2, 0.25) is 0 Å². The fourth-order valence-electron chi connectivity index (χ4n) is 1.02. The Bertz CT molecular complexity index is 256. The molecule has 0 aliphatic heterocycles. The molecule has 0 aromatic heterocycles. The van der Waals surface area contributed by atoms with E-state index in [0.717, 1.165) is 17.6 Å². The summed E-state index contributed by atoms with van der Waals surface area (Å²) < 4.78 is 5.02. The minimum atomic E-state index is 0.395. The lowest BCUT2D eigenvalue weighted by Crippen LogP contribution is -2.15. The van der Waals surface area contributed by atoms with Gasteiger partial charge in [-0.1, -0.05) is 12.1 Å². The molecule has 1 N–H and O–H groups in total. The molecule has 1 aromatic rings. The molecular weight excluding hydrogens is 166 g/mol. The summed E-state index contributed by atoms with van der Waals surface area (Å²) in [6.07, 6.45) is 0.851. The number of benzene rings is 1. The second-order valence-corrected chi connectivity index (χ2v) is 2.65. The standard InChI is InChI=1S/C10H13NO2/c1-13-10-4-2-9(3-5-10)8-11-6-7-12/h2-5,7,11H,6,8H2,1H3. The van der Waals surface area contributed by atoms with Gasteiger partial charge in [-0.05, 0) is 17.7 Å². The van der Waals surface area contributed by atoms with E-state index < -0.39 is 0 Å². The molecule has 13 heavy (non-hydrogen) atoms. The van der Waals surface area contributed by atoms with Crippen LogP contribution in [0.5, 0.6) is 5.75 Å². The summed E-state index contributed by atoms with van der Waals surface area (Å²) in [4.78, 5) is 10.0. The Morgan fingerprint density at radius 3 is 2.62 bits per heavy atom. The van der Waals surface area contributed by atoms with Crippen LogP contribution in [0.3, 0.4) is 0 Å². The van der Waals surface area contributed by atoms with Gasteiger partial charge < -0.3 is 14.8 Å². The number of aldehydes is 1. The fraction of sp³-hybridized carbons (Fsp3) is 0.300. The summed E-state index contributed by atoms with van der Waals surface area (Å²) in [5.74, 6) is 0.846. The summed E-state index contributed by atoms with van der Waals surface area (Å²) in [6.45, 7) is 1.11. The quantitative estimate of drug-likeness (QED) is 0.541. The lowest BCUT2D eigenvalue weighted by atomic mass is 10.2. The highest BCUT2D eigenvalue weighted by Gasteiger charge is 1.92. The molecule has 0 heterocycles. The van der Waals surface area contributed by atoms with E-state index in [9.17, 15) is 4.79 Å². The summed E-state index contributed by atoms with van der Waals surface area (Å²) in [5, 5.41) is 2.98. The minimum Gasteiger partial charge on any atom is -0.497 e. The first-order valence-corrected chi connectivity index (χ1v) is 4.14. The highest BCUT2D eigenvalue weighted by atomic mass is 16.5. The molecule has 0 unspecified atom stereocenters. The molecular formula is C10H13NO2. The van der Waals surface area contributed by atoms with Crippen LogP contribution in [0.4, 0.5) is 0 Å². The first-order chi connectivity index (χ1) is 6.36. The van der Waals surface area contributed by atoms with Gasteiger partial charge in [0.05, 0.1) is 13.7 Å². The van der Waals surface area contributed by atoms with Crippen molar-refractivity contribution in [2.24, 2.45) is 0 Å². The molecule has 3 nitrogen and oxygen atoms in total. The Labute approximate surface area is 77.7 Å². The van der Waals surface area contributed by atoms with Crippen LogP contribution in [0.25, 0.3) is 0 Å². The Hall–Kier alpha value is -1.35. The van der Waals surface area contributed by atoms with Crippen LogP contribution < -0.4 is 10.1 Å². The van der Waals surface area contributed by atoms with Crippen molar-refractivity contribution in [2.45, 2.75) is 6.54 Å². The number of ether oxygens (including phenoxy) is 1. The number of carbonyl (C=O) groups is 1. The number of hydrogen-bond donors (Lipinski definition) is 1. The summed E-state index contributed by atoms with van der Waals surface area (Å²) in [6, 6.07) is 7.74. The summed E-state index contributed by atoms with van der Waals surface area (Å²) >= 11 is 0. The summed E-state index contributed by atoms with van der Waals surface area (Å²) in [5.41, 5.74) is 1.14. The van der Waals surface area contributed by atoms with E-state index in [1.165, 1.54) is 0 Å². The van der Waals surface area contributed by atoms with Gasteiger partial charge in [-0.3, -0.25) is 0 Å². The highest BCUT2D eigenvalue weighted by Crippen LogP contribution is 2.10. The number of rotatable bonds is 5. The maximum Gasteiger partial charge on any atom is 0.133 e. The molecule has 1 rings (SSSR count). The van der Waals surface area contributed by atoms with Gasteiger partial charge in [0.1, 0.15) is 12.0 Å². The van der Waals surface area contributed by atoms with Crippen molar-refractivity contribution in [2.75, 3.05) is 13.7 Å². The zero-order valence-electron chi connectivity index (χ0n) is 7.62. The number of nitrogens with one attached hydrogen (secondary N) is 1. The lowest BCUT2D eigenvalue weighted by Gasteiger charge is -2.02. The monoisotopic (exact) mass is 179 g/mol. The third-order valence-electron chi connectivity index (χ3n) is 1.72. The molecule has 3 heteroatoms. The van der Waals surface area contributed by atoms with Crippen LogP contribution in [-0.4, -0.2) is 19.9 Å². The van der Waals surface area contributed by atoms with Gasteiger partial charge in [-0.25, -0.2) is 0 Å².